The summed E-state index contributed by atoms with van der Waals surface area (Å²) in [6, 6.07) is 10.4. The summed E-state index contributed by atoms with van der Waals surface area (Å²) in [7, 11) is 2.16. The molecular formula is C15H22N4. The minimum atomic E-state index is 0.591. The highest BCUT2D eigenvalue weighted by atomic mass is 15.3. The van der Waals surface area contributed by atoms with Crippen LogP contribution in [0.5, 0.6) is 0 Å². The number of rotatable bonds is 6. The minimum absolute atomic E-state index is 0.591. The summed E-state index contributed by atoms with van der Waals surface area (Å²) in [5, 5.41) is 4.18. The van der Waals surface area contributed by atoms with Crippen molar-refractivity contribution in [2.75, 3.05) is 19.3 Å². The quantitative estimate of drug-likeness (QED) is 0.865. The number of anilines is 1. The maximum Gasteiger partial charge on any atom is 0.145 e. The lowest BCUT2D eigenvalue weighted by Crippen LogP contribution is -2.21. The van der Waals surface area contributed by atoms with Gasteiger partial charge in [-0.3, -0.25) is 4.68 Å². The van der Waals surface area contributed by atoms with E-state index in [-0.39, 0.29) is 0 Å². The number of aryl methyl sites for hydroxylation is 2. The Labute approximate surface area is 114 Å². The summed E-state index contributed by atoms with van der Waals surface area (Å²) in [6.45, 7) is 5.12. The highest BCUT2D eigenvalue weighted by Gasteiger charge is 2.03. The zero-order chi connectivity index (χ0) is 13.7. The van der Waals surface area contributed by atoms with E-state index in [1.807, 2.05) is 16.9 Å². The van der Waals surface area contributed by atoms with E-state index in [1.165, 1.54) is 11.1 Å². The van der Waals surface area contributed by atoms with Crippen LogP contribution < -0.4 is 5.73 Å². The molecule has 1 aromatic carbocycles. The molecule has 0 fully saturated rings. The highest BCUT2D eigenvalue weighted by molar-refractivity contribution is 5.25. The molecule has 19 heavy (non-hydrogen) atoms. The van der Waals surface area contributed by atoms with Crippen LogP contribution in [0.4, 0.5) is 5.82 Å². The van der Waals surface area contributed by atoms with E-state index in [0.717, 1.165) is 26.1 Å². The highest BCUT2D eigenvalue weighted by Crippen LogP contribution is 2.09. The molecular weight excluding hydrogens is 236 g/mol. The first kappa shape index (κ1) is 13.6. The van der Waals surface area contributed by atoms with Gasteiger partial charge in [-0.1, -0.05) is 24.3 Å². The summed E-state index contributed by atoms with van der Waals surface area (Å²) in [4.78, 5) is 2.34. The Morgan fingerprint density at radius 2 is 2.05 bits per heavy atom. The van der Waals surface area contributed by atoms with Crippen molar-refractivity contribution in [3.05, 3.63) is 47.7 Å². The maximum atomic E-state index is 5.59. The first-order valence-corrected chi connectivity index (χ1v) is 6.67. The molecule has 102 valence electrons. The predicted molar refractivity (Wildman–Crippen MR) is 78.8 cm³/mol. The SMILES string of the molecule is Cc1ccccc1CN(C)CCCn1ccc(N)n1. The van der Waals surface area contributed by atoms with Crippen molar-refractivity contribution >= 4 is 5.82 Å². The first-order chi connectivity index (χ1) is 9.15. The van der Waals surface area contributed by atoms with Crippen LogP contribution in [-0.4, -0.2) is 28.3 Å². The smallest absolute Gasteiger partial charge is 0.145 e. The number of nitrogen functional groups attached to an aromatic ring is 1. The molecule has 0 saturated heterocycles. The van der Waals surface area contributed by atoms with Gasteiger partial charge in [0.1, 0.15) is 5.82 Å². The van der Waals surface area contributed by atoms with Gasteiger partial charge in [0.25, 0.3) is 0 Å². The van der Waals surface area contributed by atoms with Crippen molar-refractivity contribution in [2.24, 2.45) is 0 Å². The van der Waals surface area contributed by atoms with E-state index in [9.17, 15) is 0 Å². The second-order valence-electron chi connectivity index (χ2n) is 5.02. The summed E-state index contributed by atoms with van der Waals surface area (Å²) in [6.07, 6.45) is 3.00. The van der Waals surface area contributed by atoms with E-state index < -0.39 is 0 Å². The average molecular weight is 258 g/mol. The molecule has 0 bridgehead atoms. The second-order valence-corrected chi connectivity index (χ2v) is 5.02. The van der Waals surface area contributed by atoms with Gasteiger partial charge in [-0.2, -0.15) is 5.10 Å². The molecule has 0 unspecified atom stereocenters. The molecule has 2 N–H and O–H groups in total. The zero-order valence-corrected chi connectivity index (χ0v) is 11.7. The summed E-state index contributed by atoms with van der Waals surface area (Å²) < 4.78 is 1.90. The molecule has 0 saturated carbocycles. The molecule has 0 spiro atoms. The maximum absolute atomic E-state index is 5.59. The van der Waals surface area contributed by atoms with Crippen LogP contribution in [-0.2, 0) is 13.1 Å². The fourth-order valence-electron chi connectivity index (χ4n) is 2.16. The molecule has 0 aliphatic carbocycles. The number of nitrogens with two attached hydrogens (primary N) is 1. The van der Waals surface area contributed by atoms with Crippen molar-refractivity contribution < 1.29 is 0 Å². The molecule has 4 nitrogen and oxygen atoms in total. The lowest BCUT2D eigenvalue weighted by Gasteiger charge is -2.17. The van der Waals surface area contributed by atoms with Gasteiger partial charge in [0.15, 0.2) is 0 Å². The molecule has 0 radical (unpaired) electrons. The number of hydrogen-bond acceptors (Lipinski definition) is 3. The zero-order valence-electron chi connectivity index (χ0n) is 11.7. The first-order valence-electron chi connectivity index (χ1n) is 6.67. The van der Waals surface area contributed by atoms with E-state index in [0.29, 0.717) is 5.82 Å². The van der Waals surface area contributed by atoms with E-state index in [2.05, 4.69) is 48.2 Å². The third kappa shape index (κ3) is 4.10. The molecule has 1 heterocycles. The molecule has 0 amide bonds. The largest absolute Gasteiger partial charge is 0.382 e. The van der Waals surface area contributed by atoms with Crippen LogP contribution in [0.2, 0.25) is 0 Å². The molecule has 0 atom stereocenters. The molecule has 4 heteroatoms. The van der Waals surface area contributed by atoms with Crippen molar-refractivity contribution in [1.29, 1.82) is 0 Å². The molecule has 1 aromatic heterocycles. The Hall–Kier alpha value is -1.81. The van der Waals surface area contributed by atoms with Gasteiger partial charge in [0.05, 0.1) is 0 Å². The fourth-order valence-corrected chi connectivity index (χ4v) is 2.16. The number of aromatic nitrogens is 2. The summed E-state index contributed by atoms with van der Waals surface area (Å²) in [5.41, 5.74) is 8.34. The van der Waals surface area contributed by atoms with Gasteiger partial charge in [-0.05, 0) is 44.1 Å². The van der Waals surface area contributed by atoms with Crippen molar-refractivity contribution in [3.63, 3.8) is 0 Å². The summed E-state index contributed by atoms with van der Waals surface area (Å²) >= 11 is 0. The van der Waals surface area contributed by atoms with Crippen LogP contribution in [0.1, 0.15) is 17.5 Å². The normalized spacial score (nSPS) is 11.1. The lowest BCUT2D eigenvalue weighted by atomic mass is 10.1. The van der Waals surface area contributed by atoms with Gasteiger partial charge in [-0.15, -0.1) is 0 Å². The predicted octanol–water partition coefficient (Wildman–Crippen LogP) is 2.30. The van der Waals surface area contributed by atoms with E-state index in [1.54, 1.807) is 0 Å². The van der Waals surface area contributed by atoms with Crippen molar-refractivity contribution in [2.45, 2.75) is 26.4 Å². The Kier molecular flexibility index (Phi) is 4.58. The topological polar surface area (TPSA) is 47.1 Å². The van der Waals surface area contributed by atoms with Gasteiger partial charge in [0, 0.05) is 19.3 Å². The van der Waals surface area contributed by atoms with Crippen LogP contribution in [0.25, 0.3) is 0 Å². The Morgan fingerprint density at radius 1 is 1.26 bits per heavy atom. The minimum Gasteiger partial charge on any atom is -0.382 e. The van der Waals surface area contributed by atoms with E-state index in [4.69, 9.17) is 5.73 Å². The van der Waals surface area contributed by atoms with Gasteiger partial charge in [0.2, 0.25) is 0 Å². The van der Waals surface area contributed by atoms with Crippen LogP contribution in [0, 0.1) is 6.92 Å². The third-order valence-electron chi connectivity index (χ3n) is 3.29. The Bertz CT molecular complexity index is 518. The van der Waals surface area contributed by atoms with Gasteiger partial charge >= 0.3 is 0 Å². The monoisotopic (exact) mass is 258 g/mol. The molecule has 2 rings (SSSR count). The second kappa shape index (κ2) is 6.38. The van der Waals surface area contributed by atoms with E-state index >= 15 is 0 Å². The standard InChI is InChI=1S/C15H22N4/c1-13-6-3-4-7-14(13)12-18(2)9-5-10-19-11-8-15(16)17-19/h3-4,6-8,11H,5,9-10,12H2,1-2H3,(H2,16,17). The summed E-state index contributed by atoms with van der Waals surface area (Å²) in [5.74, 6) is 0.591. The molecule has 2 aromatic rings. The van der Waals surface area contributed by atoms with Gasteiger partial charge < -0.3 is 10.6 Å². The van der Waals surface area contributed by atoms with Crippen LogP contribution in [0.3, 0.4) is 0 Å². The molecule has 0 aliphatic heterocycles. The van der Waals surface area contributed by atoms with Crippen LogP contribution in [0.15, 0.2) is 36.5 Å². The van der Waals surface area contributed by atoms with Crippen LogP contribution >= 0.6 is 0 Å². The Balaban J connectivity index is 1.76. The van der Waals surface area contributed by atoms with Crippen molar-refractivity contribution in [1.82, 2.24) is 14.7 Å². The third-order valence-corrected chi connectivity index (χ3v) is 3.29. The molecule has 0 aliphatic rings. The average Bonchev–Trinajstić information content (AvgIpc) is 2.78. The fraction of sp³-hybridized carbons (Fsp3) is 0.400. The number of hydrogen-bond donors (Lipinski definition) is 1. The van der Waals surface area contributed by atoms with Gasteiger partial charge in [-0.25, -0.2) is 0 Å². The Morgan fingerprint density at radius 3 is 2.74 bits per heavy atom. The number of nitrogens with zero attached hydrogens (tertiary/aromatic N) is 3. The lowest BCUT2D eigenvalue weighted by molar-refractivity contribution is 0.311. The number of benzene rings is 1. The van der Waals surface area contributed by atoms with Crippen molar-refractivity contribution in [3.8, 4) is 0 Å².